The third-order valence-electron chi connectivity index (χ3n) is 1.30. The fraction of sp³-hybridized carbons (Fsp3) is 0.500. The molecule has 1 radical (unpaired) electrons. The van der Waals surface area contributed by atoms with Gasteiger partial charge in [-0.25, -0.2) is 0 Å². The number of thiophene rings is 1. The van der Waals surface area contributed by atoms with Crippen molar-refractivity contribution in [3.8, 4) is 0 Å². The highest BCUT2D eigenvalue weighted by Gasteiger charge is 1.90. The van der Waals surface area contributed by atoms with Crippen molar-refractivity contribution in [3.05, 3.63) is 22.4 Å². The fourth-order valence-corrected chi connectivity index (χ4v) is 1.43. The van der Waals surface area contributed by atoms with Gasteiger partial charge in [-0.1, -0.05) is 13.3 Å². The molecule has 0 amide bonds. The van der Waals surface area contributed by atoms with Gasteiger partial charge in [0.25, 0.3) is 0 Å². The standard InChI is InChI=1S/C8H11S/c1-2-3-5-8-6-4-7-9-8/h4,6H,2-3,5H2,1H3. The maximum atomic E-state index is 3.08. The molecule has 0 saturated carbocycles. The number of unbranched alkanes of at least 4 members (excludes halogenated alkanes) is 1. The van der Waals surface area contributed by atoms with E-state index in [0.717, 1.165) is 0 Å². The molecule has 0 N–H and O–H groups in total. The van der Waals surface area contributed by atoms with Crippen LogP contribution in [-0.4, -0.2) is 0 Å². The number of hydrogen-bond donors (Lipinski definition) is 0. The van der Waals surface area contributed by atoms with Gasteiger partial charge in [0.05, 0.1) is 0 Å². The van der Waals surface area contributed by atoms with Crippen LogP contribution in [0.5, 0.6) is 0 Å². The number of rotatable bonds is 3. The van der Waals surface area contributed by atoms with Gasteiger partial charge in [-0.15, -0.1) is 11.3 Å². The summed E-state index contributed by atoms with van der Waals surface area (Å²) >= 11 is 1.74. The van der Waals surface area contributed by atoms with Crippen molar-refractivity contribution in [2.75, 3.05) is 0 Å². The topological polar surface area (TPSA) is 0 Å². The minimum Gasteiger partial charge on any atom is -0.139 e. The monoisotopic (exact) mass is 139 g/mol. The van der Waals surface area contributed by atoms with E-state index in [1.807, 2.05) is 6.07 Å². The molecule has 0 saturated heterocycles. The van der Waals surface area contributed by atoms with Gasteiger partial charge in [0.2, 0.25) is 0 Å². The molecule has 1 aromatic heterocycles. The summed E-state index contributed by atoms with van der Waals surface area (Å²) in [6, 6.07) is 4.15. The van der Waals surface area contributed by atoms with Crippen LogP contribution in [0.25, 0.3) is 0 Å². The first-order valence-electron chi connectivity index (χ1n) is 3.38. The molecule has 0 aliphatic carbocycles. The summed E-state index contributed by atoms with van der Waals surface area (Å²) < 4.78 is 0. The molecule has 1 aromatic rings. The van der Waals surface area contributed by atoms with Crippen molar-refractivity contribution in [2.24, 2.45) is 0 Å². The van der Waals surface area contributed by atoms with Crippen LogP contribution in [-0.2, 0) is 6.42 Å². The highest BCUT2D eigenvalue weighted by molar-refractivity contribution is 7.09. The molecule has 49 valence electrons. The SMILES string of the molecule is CCCCc1cc[c]s1. The zero-order valence-electron chi connectivity index (χ0n) is 5.68. The molecular weight excluding hydrogens is 128 g/mol. The van der Waals surface area contributed by atoms with E-state index >= 15 is 0 Å². The lowest BCUT2D eigenvalue weighted by Gasteiger charge is -1.90. The van der Waals surface area contributed by atoms with Gasteiger partial charge in [0.1, 0.15) is 0 Å². The van der Waals surface area contributed by atoms with E-state index in [1.54, 1.807) is 11.3 Å². The Labute approximate surface area is 60.5 Å². The van der Waals surface area contributed by atoms with E-state index in [0.29, 0.717) is 0 Å². The number of hydrogen-bond acceptors (Lipinski definition) is 1. The lowest BCUT2D eigenvalue weighted by molar-refractivity contribution is 0.804. The molecule has 0 fully saturated rings. The molecule has 0 atom stereocenters. The zero-order chi connectivity index (χ0) is 6.53. The second-order valence-corrected chi connectivity index (χ2v) is 3.09. The minimum absolute atomic E-state index is 1.24. The van der Waals surface area contributed by atoms with Crippen molar-refractivity contribution < 1.29 is 0 Å². The molecule has 0 bridgehead atoms. The average Bonchev–Trinajstić information content (AvgIpc) is 2.34. The van der Waals surface area contributed by atoms with Crippen molar-refractivity contribution in [1.29, 1.82) is 0 Å². The molecule has 0 aliphatic rings. The fourth-order valence-electron chi connectivity index (χ4n) is 0.756. The third kappa shape index (κ3) is 2.19. The normalized spacial score (nSPS) is 9.89. The van der Waals surface area contributed by atoms with E-state index in [-0.39, 0.29) is 0 Å². The lowest BCUT2D eigenvalue weighted by atomic mass is 10.2. The van der Waals surface area contributed by atoms with Crippen molar-refractivity contribution in [1.82, 2.24) is 0 Å². The van der Waals surface area contributed by atoms with E-state index in [1.165, 1.54) is 24.1 Å². The van der Waals surface area contributed by atoms with Crippen LogP contribution in [0.3, 0.4) is 0 Å². The van der Waals surface area contributed by atoms with Crippen LogP contribution < -0.4 is 0 Å². The van der Waals surface area contributed by atoms with Crippen molar-refractivity contribution >= 4 is 11.3 Å². The molecule has 0 nitrogen and oxygen atoms in total. The molecule has 9 heavy (non-hydrogen) atoms. The maximum Gasteiger partial charge on any atom is 0.0445 e. The quantitative estimate of drug-likeness (QED) is 0.604. The van der Waals surface area contributed by atoms with Gasteiger partial charge in [-0.05, 0) is 25.0 Å². The Balaban J connectivity index is 2.30. The summed E-state index contributed by atoms with van der Waals surface area (Å²) in [5.41, 5.74) is 0. The Kier molecular flexibility index (Phi) is 2.78. The minimum atomic E-state index is 1.24. The highest BCUT2D eigenvalue weighted by atomic mass is 32.1. The Bertz CT molecular complexity index is 142. The molecule has 0 aliphatic heterocycles. The van der Waals surface area contributed by atoms with E-state index < -0.39 is 0 Å². The first kappa shape index (κ1) is 6.81. The molecule has 1 heteroatoms. The first-order chi connectivity index (χ1) is 4.43. The second kappa shape index (κ2) is 3.67. The van der Waals surface area contributed by atoms with E-state index in [4.69, 9.17) is 0 Å². The zero-order valence-corrected chi connectivity index (χ0v) is 6.50. The van der Waals surface area contributed by atoms with E-state index in [9.17, 15) is 0 Å². The summed E-state index contributed by atoms with van der Waals surface area (Å²) in [5, 5.41) is 3.08. The molecule has 0 aromatic carbocycles. The van der Waals surface area contributed by atoms with Crippen molar-refractivity contribution in [2.45, 2.75) is 26.2 Å². The Morgan fingerprint density at radius 2 is 2.56 bits per heavy atom. The van der Waals surface area contributed by atoms with Gasteiger partial charge < -0.3 is 0 Å². The first-order valence-corrected chi connectivity index (χ1v) is 4.20. The average molecular weight is 139 g/mol. The highest BCUT2D eigenvalue weighted by Crippen LogP contribution is 2.10. The molecular formula is C8H11S. The van der Waals surface area contributed by atoms with Crippen LogP contribution in [0.2, 0.25) is 0 Å². The van der Waals surface area contributed by atoms with Crippen LogP contribution in [0.15, 0.2) is 12.1 Å². The lowest BCUT2D eigenvalue weighted by Crippen LogP contribution is -1.75. The summed E-state index contributed by atoms with van der Waals surface area (Å²) in [6.45, 7) is 2.22. The Morgan fingerprint density at radius 3 is 3.11 bits per heavy atom. The van der Waals surface area contributed by atoms with Gasteiger partial charge in [-0.2, -0.15) is 0 Å². The van der Waals surface area contributed by atoms with Gasteiger partial charge in [0, 0.05) is 10.3 Å². The second-order valence-electron chi connectivity index (χ2n) is 2.12. The van der Waals surface area contributed by atoms with Crippen LogP contribution in [0.4, 0.5) is 0 Å². The van der Waals surface area contributed by atoms with Gasteiger partial charge >= 0.3 is 0 Å². The van der Waals surface area contributed by atoms with Gasteiger partial charge in [-0.3, -0.25) is 0 Å². The predicted molar refractivity (Wildman–Crippen MR) is 41.8 cm³/mol. The van der Waals surface area contributed by atoms with E-state index in [2.05, 4.69) is 18.4 Å². The largest absolute Gasteiger partial charge is 0.139 e. The number of aryl methyl sites for hydroxylation is 1. The summed E-state index contributed by atoms with van der Waals surface area (Å²) in [5.74, 6) is 0. The predicted octanol–water partition coefficient (Wildman–Crippen LogP) is 2.89. The summed E-state index contributed by atoms with van der Waals surface area (Å²) in [6.07, 6.45) is 3.84. The smallest absolute Gasteiger partial charge is 0.0445 e. The van der Waals surface area contributed by atoms with Crippen LogP contribution in [0.1, 0.15) is 24.6 Å². The Morgan fingerprint density at radius 1 is 1.67 bits per heavy atom. The Hall–Kier alpha value is -0.300. The van der Waals surface area contributed by atoms with Crippen molar-refractivity contribution in [3.63, 3.8) is 0 Å². The van der Waals surface area contributed by atoms with Gasteiger partial charge in [0.15, 0.2) is 0 Å². The molecule has 1 rings (SSSR count). The molecule has 1 heterocycles. The third-order valence-corrected chi connectivity index (χ3v) is 2.16. The summed E-state index contributed by atoms with van der Waals surface area (Å²) in [4.78, 5) is 1.47. The van der Waals surface area contributed by atoms with Crippen LogP contribution >= 0.6 is 11.3 Å². The molecule has 0 unspecified atom stereocenters. The maximum absolute atomic E-state index is 3.08. The molecule has 0 spiro atoms. The summed E-state index contributed by atoms with van der Waals surface area (Å²) in [7, 11) is 0. The van der Waals surface area contributed by atoms with Crippen LogP contribution in [0, 0.1) is 5.38 Å².